The van der Waals surface area contributed by atoms with Crippen LogP contribution in [0.5, 0.6) is 0 Å². The fraction of sp³-hybridized carbons (Fsp3) is 1.00. The predicted molar refractivity (Wildman–Crippen MR) is 74.8 cm³/mol. The zero-order valence-corrected chi connectivity index (χ0v) is 12.1. The van der Waals surface area contributed by atoms with E-state index in [0.29, 0.717) is 0 Å². The molecule has 18 heavy (non-hydrogen) atoms. The van der Waals surface area contributed by atoms with Crippen LogP contribution in [0, 0.1) is 5.41 Å². The summed E-state index contributed by atoms with van der Waals surface area (Å²) in [4.78, 5) is 2.44. The monoisotopic (exact) mass is 258 g/mol. The molecule has 108 valence electrons. The van der Waals surface area contributed by atoms with Crippen molar-refractivity contribution in [2.75, 3.05) is 52.5 Å². The standard InChI is InChI=1S/C14H30N2O2/c1-3-7-15-11-14(6-10-18-13-14)12-16(4-2)8-5-9-17/h15,17H,3-13H2,1-2H3. The third kappa shape index (κ3) is 5.22. The van der Waals surface area contributed by atoms with Crippen LogP contribution in [-0.4, -0.2) is 62.6 Å². The maximum atomic E-state index is 8.95. The van der Waals surface area contributed by atoms with Crippen LogP contribution in [0.25, 0.3) is 0 Å². The number of nitrogens with one attached hydrogen (secondary N) is 1. The summed E-state index contributed by atoms with van der Waals surface area (Å²) >= 11 is 0. The fourth-order valence-corrected chi connectivity index (χ4v) is 2.62. The Labute approximate surface area is 112 Å². The Morgan fingerprint density at radius 1 is 1.39 bits per heavy atom. The van der Waals surface area contributed by atoms with Crippen LogP contribution >= 0.6 is 0 Å². The molecular weight excluding hydrogens is 228 g/mol. The van der Waals surface area contributed by atoms with Crippen LogP contribution in [0.4, 0.5) is 0 Å². The predicted octanol–water partition coefficient (Wildman–Crippen LogP) is 1.10. The lowest BCUT2D eigenvalue weighted by atomic mass is 9.86. The average Bonchev–Trinajstić information content (AvgIpc) is 2.84. The first-order chi connectivity index (χ1) is 8.76. The zero-order chi connectivity index (χ0) is 13.3. The highest BCUT2D eigenvalue weighted by Crippen LogP contribution is 2.29. The van der Waals surface area contributed by atoms with Crippen LogP contribution in [-0.2, 0) is 4.74 Å². The van der Waals surface area contributed by atoms with Gasteiger partial charge in [-0.1, -0.05) is 13.8 Å². The summed E-state index contributed by atoms with van der Waals surface area (Å²) in [5, 5.41) is 12.5. The summed E-state index contributed by atoms with van der Waals surface area (Å²) in [6.07, 6.45) is 3.20. The van der Waals surface area contributed by atoms with Gasteiger partial charge in [-0.15, -0.1) is 0 Å². The van der Waals surface area contributed by atoms with Crippen LogP contribution < -0.4 is 5.32 Å². The van der Waals surface area contributed by atoms with Crippen molar-refractivity contribution in [1.29, 1.82) is 0 Å². The van der Waals surface area contributed by atoms with Crippen molar-refractivity contribution < 1.29 is 9.84 Å². The normalized spacial score (nSPS) is 24.0. The summed E-state index contributed by atoms with van der Waals surface area (Å²) in [5.41, 5.74) is 0.278. The minimum Gasteiger partial charge on any atom is -0.396 e. The zero-order valence-electron chi connectivity index (χ0n) is 12.1. The molecule has 0 aromatic carbocycles. The Bertz CT molecular complexity index is 206. The summed E-state index contributed by atoms with van der Waals surface area (Å²) in [5.74, 6) is 0. The molecule has 1 heterocycles. The maximum absolute atomic E-state index is 8.95. The van der Waals surface area contributed by atoms with Gasteiger partial charge in [0.05, 0.1) is 6.61 Å². The number of hydrogen-bond donors (Lipinski definition) is 2. The van der Waals surface area contributed by atoms with Crippen molar-refractivity contribution in [2.45, 2.75) is 33.1 Å². The number of aliphatic hydroxyl groups excluding tert-OH is 1. The lowest BCUT2D eigenvalue weighted by molar-refractivity contribution is 0.107. The van der Waals surface area contributed by atoms with Gasteiger partial charge in [-0.3, -0.25) is 0 Å². The number of nitrogens with zero attached hydrogens (tertiary/aromatic N) is 1. The maximum Gasteiger partial charge on any atom is 0.0547 e. The molecule has 0 saturated carbocycles. The molecular formula is C14H30N2O2. The Morgan fingerprint density at radius 2 is 2.22 bits per heavy atom. The Morgan fingerprint density at radius 3 is 2.78 bits per heavy atom. The Balaban J connectivity index is 2.43. The molecule has 1 rings (SSSR count). The number of ether oxygens (including phenoxy) is 1. The highest BCUT2D eigenvalue weighted by Gasteiger charge is 2.35. The van der Waals surface area contributed by atoms with E-state index in [9.17, 15) is 0 Å². The van der Waals surface area contributed by atoms with Crippen LogP contribution in [0.15, 0.2) is 0 Å². The molecule has 4 nitrogen and oxygen atoms in total. The molecule has 4 heteroatoms. The van der Waals surface area contributed by atoms with Crippen molar-refractivity contribution in [3.63, 3.8) is 0 Å². The number of hydrogen-bond acceptors (Lipinski definition) is 4. The van der Waals surface area contributed by atoms with E-state index in [1.807, 2.05) is 0 Å². The summed E-state index contributed by atoms with van der Waals surface area (Å²) in [7, 11) is 0. The molecule has 0 bridgehead atoms. The van der Waals surface area contributed by atoms with Crippen LogP contribution in [0.3, 0.4) is 0 Å². The highest BCUT2D eigenvalue weighted by atomic mass is 16.5. The van der Waals surface area contributed by atoms with E-state index < -0.39 is 0 Å². The second-order valence-electron chi connectivity index (χ2n) is 5.43. The first-order valence-electron chi connectivity index (χ1n) is 7.38. The van der Waals surface area contributed by atoms with Gasteiger partial charge in [0.1, 0.15) is 0 Å². The second kappa shape index (κ2) is 8.86. The smallest absolute Gasteiger partial charge is 0.0547 e. The fourth-order valence-electron chi connectivity index (χ4n) is 2.62. The first-order valence-corrected chi connectivity index (χ1v) is 7.38. The summed E-state index contributed by atoms with van der Waals surface area (Å²) < 4.78 is 5.62. The quantitative estimate of drug-likeness (QED) is 0.576. The number of rotatable bonds is 10. The lowest BCUT2D eigenvalue weighted by Gasteiger charge is -2.34. The highest BCUT2D eigenvalue weighted by molar-refractivity contribution is 4.88. The Kier molecular flexibility index (Phi) is 7.82. The van der Waals surface area contributed by atoms with E-state index >= 15 is 0 Å². The minimum absolute atomic E-state index is 0.278. The lowest BCUT2D eigenvalue weighted by Crippen LogP contribution is -2.45. The molecule has 0 amide bonds. The second-order valence-corrected chi connectivity index (χ2v) is 5.43. The molecule has 0 spiro atoms. The van der Waals surface area contributed by atoms with Gasteiger partial charge in [0.2, 0.25) is 0 Å². The third-order valence-electron chi connectivity index (χ3n) is 3.75. The van der Waals surface area contributed by atoms with E-state index in [0.717, 1.165) is 58.8 Å². The van der Waals surface area contributed by atoms with Gasteiger partial charge in [-0.05, 0) is 32.4 Å². The molecule has 1 aliphatic heterocycles. The molecule has 1 unspecified atom stereocenters. The molecule has 0 aromatic rings. The SMILES string of the molecule is CCCNCC1(CN(CC)CCCO)CCOC1. The third-order valence-corrected chi connectivity index (χ3v) is 3.75. The average molecular weight is 258 g/mol. The van der Waals surface area contributed by atoms with E-state index in [-0.39, 0.29) is 12.0 Å². The molecule has 1 aliphatic rings. The van der Waals surface area contributed by atoms with E-state index in [1.165, 1.54) is 6.42 Å². The number of aliphatic hydroxyl groups is 1. The molecule has 1 fully saturated rings. The van der Waals surface area contributed by atoms with Crippen molar-refractivity contribution in [3.05, 3.63) is 0 Å². The van der Waals surface area contributed by atoms with Gasteiger partial charge in [0, 0.05) is 38.3 Å². The van der Waals surface area contributed by atoms with Gasteiger partial charge >= 0.3 is 0 Å². The Hall–Kier alpha value is -0.160. The molecule has 0 aromatic heterocycles. The minimum atomic E-state index is 0.278. The van der Waals surface area contributed by atoms with Crippen molar-refractivity contribution >= 4 is 0 Å². The summed E-state index contributed by atoms with van der Waals surface area (Å²) in [6.45, 7) is 11.7. The summed E-state index contributed by atoms with van der Waals surface area (Å²) in [6, 6.07) is 0. The van der Waals surface area contributed by atoms with Crippen molar-refractivity contribution in [1.82, 2.24) is 10.2 Å². The largest absolute Gasteiger partial charge is 0.396 e. The molecule has 1 atom stereocenters. The van der Waals surface area contributed by atoms with E-state index in [2.05, 4.69) is 24.1 Å². The van der Waals surface area contributed by atoms with Crippen molar-refractivity contribution in [3.8, 4) is 0 Å². The molecule has 0 aliphatic carbocycles. The van der Waals surface area contributed by atoms with Crippen LogP contribution in [0.1, 0.15) is 33.1 Å². The van der Waals surface area contributed by atoms with Gasteiger partial charge in [0.25, 0.3) is 0 Å². The molecule has 1 saturated heterocycles. The topological polar surface area (TPSA) is 44.7 Å². The van der Waals surface area contributed by atoms with Gasteiger partial charge in [-0.2, -0.15) is 0 Å². The van der Waals surface area contributed by atoms with Gasteiger partial charge in [0.15, 0.2) is 0 Å². The first kappa shape index (κ1) is 15.9. The van der Waals surface area contributed by atoms with Gasteiger partial charge < -0.3 is 20.1 Å². The van der Waals surface area contributed by atoms with E-state index in [4.69, 9.17) is 9.84 Å². The molecule has 0 radical (unpaired) electrons. The van der Waals surface area contributed by atoms with Crippen molar-refractivity contribution in [2.24, 2.45) is 5.41 Å². The van der Waals surface area contributed by atoms with Gasteiger partial charge in [-0.25, -0.2) is 0 Å². The van der Waals surface area contributed by atoms with Crippen LogP contribution in [0.2, 0.25) is 0 Å². The van der Waals surface area contributed by atoms with E-state index in [1.54, 1.807) is 0 Å². The molecule has 2 N–H and O–H groups in total.